The van der Waals surface area contributed by atoms with Crippen molar-refractivity contribution in [1.29, 1.82) is 0 Å². The molecule has 0 unspecified atom stereocenters. The molecule has 0 saturated heterocycles. The maximum atomic E-state index is 12.8. The van der Waals surface area contributed by atoms with Crippen molar-refractivity contribution in [3.63, 3.8) is 0 Å². The molecule has 0 aliphatic heterocycles. The van der Waals surface area contributed by atoms with Crippen LogP contribution >= 0.6 is 0 Å². The van der Waals surface area contributed by atoms with Gasteiger partial charge in [-0.2, -0.15) is 0 Å². The summed E-state index contributed by atoms with van der Waals surface area (Å²) >= 11 is 0. The highest BCUT2D eigenvalue weighted by atomic mass is 16.5. The molecule has 3 aromatic carbocycles. The maximum Gasteiger partial charge on any atom is 0.255 e. The Balaban J connectivity index is 1.56. The lowest BCUT2D eigenvalue weighted by Crippen LogP contribution is -2.17. The van der Waals surface area contributed by atoms with E-state index in [-0.39, 0.29) is 18.4 Å². The number of aromatic nitrogens is 2. The second-order valence-electron chi connectivity index (χ2n) is 7.05. The molecule has 2 N–H and O–H groups in total. The van der Waals surface area contributed by atoms with Crippen molar-refractivity contribution >= 4 is 34.2 Å². The summed E-state index contributed by atoms with van der Waals surface area (Å²) in [5, 5.41) is 5.58. The lowest BCUT2D eigenvalue weighted by atomic mass is 10.1. The molecule has 156 valence electrons. The van der Waals surface area contributed by atoms with Gasteiger partial charge in [0.2, 0.25) is 5.91 Å². The molecular weight excluding hydrogens is 392 g/mol. The topological polar surface area (TPSA) is 85.2 Å². The van der Waals surface area contributed by atoms with Crippen molar-refractivity contribution in [2.45, 2.75) is 6.92 Å². The summed E-state index contributed by atoms with van der Waals surface area (Å²) in [5.74, 6) is 0.327. The van der Waals surface area contributed by atoms with Crippen LogP contribution in [0, 0.1) is 6.92 Å². The van der Waals surface area contributed by atoms with E-state index in [0.717, 1.165) is 22.5 Å². The quantitative estimate of drug-likeness (QED) is 0.496. The molecule has 0 atom stereocenters. The van der Waals surface area contributed by atoms with Gasteiger partial charge in [-0.25, -0.2) is 4.98 Å². The van der Waals surface area contributed by atoms with E-state index >= 15 is 0 Å². The Labute approximate surface area is 179 Å². The molecule has 31 heavy (non-hydrogen) atoms. The molecule has 7 nitrogen and oxygen atoms in total. The van der Waals surface area contributed by atoms with Crippen LogP contribution in [0.2, 0.25) is 0 Å². The average Bonchev–Trinajstić information content (AvgIpc) is 3.09. The maximum absolute atomic E-state index is 12.8. The van der Waals surface area contributed by atoms with E-state index in [1.807, 2.05) is 43.3 Å². The van der Waals surface area contributed by atoms with Crippen molar-refractivity contribution < 1.29 is 14.3 Å². The van der Waals surface area contributed by atoms with E-state index in [1.54, 1.807) is 36.4 Å². The number of imidazole rings is 1. The van der Waals surface area contributed by atoms with Gasteiger partial charge in [0.05, 0.1) is 11.0 Å². The Morgan fingerprint density at radius 2 is 1.68 bits per heavy atom. The van der Waals surface area contributed by atoms with Crippen LogP contribution in [0.1, 0.15) is 16.2 Å². The van der Waals surface area contributed by atoms with Gasteiger partial charge in [-0.3, -0.25) is 14.2 Å². The molecule has 0 aliphatic carbocycles. The van der Waals surface area contributed by atoms with Crippen molar-refractivity contribution in [2.75, 3.05) is 24.4 Å². The zero-order valence-corrected chi connectivity index (χ0v) is 17.3. The molecule has 0 spiro atoms. The van der Waals surface area contributed by atoms with Gasteiger partial charge in [0, 0.05) is 29.7 Å². The molecule has 0 bridgehead atoms. The molecule has 1 aromatic heterocycles. The highest BCUT2D eigenvalue weighted by molar-refractivity contribution is 6.06. The number of aryl methyl sites for hydroxylation is 1. The highest BCUT2D eigenvalue weighted by Gasteiger charge is 2.13. The molecule has 0 radical (unpaired) electrons. The first-order valence-electron chi connectivity index (χ1n) is 9.80. The third-order valence-corrected chi connectivity index (χ3v) is 4.78. The lowest BCUT2D eigenvalue weighted by Gasteiger charge is -2.09. The Kier molecular flexibility index (Phi) is 5.77. The van der Waals surface area contributed by atoms with Crippen molar-refractivity contribution in [3.8, 4) is 5.69 Å². The molecule has 0 saturated carbocycles. The van der Waals surface area contributed by atoms with Crippen LogP contribution in [0.5, 0.6) is 0 Å². The largest absolute Gasteiger partial charge is 0.375 e. The monoisotopic (exact) mass is 414 g/mol. The number of carbonyl (C=O) groups excluding carboxylic acids is 2. The zero-order chi connectivity index (χ0) is 21.8. The summed E-state index contributed by atoms with van der Waals surface area (Å²) < 4.78 is 6.87. The van der Waals surface area contributed by atoms with Crippen LogP contribution in [0.4, 0.5) is 11.4 Å². The third kappa shape index (κ3) is 4.46. The summed E-state index contributed by atoms with van der Waals surface area (Å²) in [6.07, 6.45) is 0. The number of benzene rings is 3. The van der Waals surface area contributed by atoms with Gasteiger partial charge in [0.15, 0.2) is 0 Å². The van der Waals surface area contributed by atoms with Crippen molar-refractivity contribution in [1.82, 2.24) is 9.55 Å². The molecule has 0 fully saturated rings. The molecule has 4 rings (SSSR count). The summed E-state index contributed by atoms with van der Waals surface area (Å²) in [5.41, 5.74) is 4.35. The van der Waals surface area contributed by atoms with Gasteiger partial charge in [-0.05, 0) is 55.5 Å². The Morgan fingerprint density at radius 3 is 2.42 bits per heavy atom. The number of nitrogens with one attached hydrogen (secondary N) is 2. The van der Waals surface area contributed by atoms with Crippen molar-refractivity contribution in [2.24, 2.45) is 0 Å². The average molecular weight is 414 g/mol. The Bertz CT molecular complexity index is 1250. The van der Waals surface area contributed by atoms with Crippen LogP contribution in [0.15, 0.2) is 72.8 Å². The molecule has 4 aromatic rings. The number of fused-ring (bicyclic) bond motifs is 1. The second kappa shape index (κ2) is 8.81. The number of hydrogen-bond acceptors (Lipinski definition) is 4. The Morgan fingerprint density at radius 1 is 0.935 bits per heavy atom. The van der Waals surface area contributed by atoms with Gasteiger partial charge in [0.1, 0.15) is 12.4 Å². The second-order valence-corrected chi connectivity index (χ2v) is 7.05. The van der Waals surface area contributed by atoms with Crippen LogP contribution in [0.3, 0.4) is 0 Å². The van der Waals surface area contributed by atoms with E-state index < -0.39 is 0 Å². The van der Waals surface area contributed by atoms with Gasteiger partial charge < -0.3 is 15.4 Å². The fourth-order valence-electron chi connectivity index (χ4n) is 3.45. The fourth-order valence-corrected chi connectivity index (χ4v) is 3.45. The van der Waals surface area contributed by atoms with Gasteiger partial charge >= 0.3 is 0 Å². The molecule has 2 amide bonds. The number of hydrogen-bond donors (Lipinski definition) is 2. The number of para-hydroxylation sites is 1. The normalized spacial score (nSPS) is 10.8. The van der Waals surface area contributed by atoms with Crippen LogP contribution < -0.4 is 10.6 Å². The van der Waals surface area contributed by atoms with Crippen LogP contribution in [-0.2, 0) is 9.53 Å². The first kappa shape index (κ1) is 20.3. The zero-order valence-electron chi connectivity index (χ0n) is 17.3. The standard InChI is InChI=1S/C24H22N4O3/c1-16-25-21-13-17(11-12-22(21)28(16)20-9-4-3-5-10-20)24(30)27-19-8-6-7-18(14-19)26-23(29)15-31-2/h3-14H,15H2,1-2H3,(H,26,29)(H,27,30). The van der Waals surface area contributed by atoms with E-state index in [1.165, 1.54) is 7.11 Å². The summed E-state index contributed by atoms with van der Waals surface area (Å²) in [4.78, 5) is 29.1. The summed E-state index contributed by atoms with van der Waals surface area (Å²) in [6.45, 7) is 1.90. The molecular formula is C24H22N4O3. The van der Waals surface area contributed by atoms with Gasteiger partial charge in [0.25, 0.3) is 5.91 Å². The number of ether oxygens (including phenoxy) is 1. The summed E-state index contributed by atoms with van der Waals surface area (Å²) in [7, 11) is 1.46. The number of rotatable bonds is 6. The van der Waals surface area contributed by atoms with E-state index in [9.17, 15) is 9.59 Å². The molecule has 7 heteroatoms. The predicted octanol–water partition coefficient (Wildman–Crippen LogP) is 4.17. The number of amides is 2. The molecule has 1 heterocycles. The highest BCUT2D eigenvalue weighted by Crippen LogP contribution is 2.23. The van der Waals surface area contributed by atoms with E-state index in [4.69, 9.17) is 4.74 Å². The van der Waals surface area contributed by atoms with E-state index in [0.29, 0.717) is 16.9 Å². The first-order chi connectivity index (χ1) is 15.0. The van der Waals surface area contributed by atoms with E-state index in [2.05, 4.69) is 20.2 Å². The number of anilines is 2. The predicted molar refractivity (Wildman–Crippen MR) is 121 cm³/mol. The fraction of sp³-hybridized carbons (Fsp3) is 0.125. The van der Waals surface area contributed by atoms with Crippen molar-refractivity contribution in [3.05, 3.63) is 84.2 Å². The minimum absolute atomic E-state index is 0.0361. The summed E-state index contributed by atoms with van der Waals surface area (Å²) in [6, 6.07) is 22.4. The SMILES string of the molecule is COCC(=O)Nc1cccc(NC(=O)c2ccc3c(c2)nc(C)n3-c2ccccc2)c1. The number of nitrogens with zero attached hydrogens (tertiary/aromatic N) is 2. The lowest BCUT2D eigenvalue weighted by molar-refractivity contribution is -0.119. The first-order valence-corrected chi connectivity index (χ1v) is 9.80. The van der Waals surface area contributed by atoms with Gasteiger partial charge in [-0.15, -0.1) is 0 Å². The third-order valence-electron chi connectivity index (χ3n) is 4.78. The minimum Gasteiger partial charge on any atom is -0.375 e. The van der Waals surface area contributed by atoms with Gasteiger partial charge in [-0.1, -0.05) is 24.3 Å². The Hall–Kier alpha value is -3.97. The van der Waals surface area contributed by atoms with Crippen LogP contribution in [0.25, 0.3) is 16.7 Å². The number of carbonyl (C=O) groups is 2. The minimum atomic E-state index is -0.263. The number of methoxy groups -OCH3 is 1. The molecule has 0 aliphatic rings. The smallest absolute Gasteiger partial charge is 0.255 e. The van der Waals surface area contributed by atoms with Crippen LogP contribution in [-0.4, -0.2) is 35.1 Å².